The molecule has 0 fully saturated rings. The maximum Gasteiger partial charge on any atom is 0.230 e. The number of hydrogen-bond donors (Lipinski definition) is 1. The lowest BCUT2D eigenvalue weighted by molar-refractivity contribution is -0.115. The SMILES string of the molecule is CC(C)c1nc(CC(=O)Nc2ccc(-c3csnn3)cc2)cs1. The predicted molar refractivity (Wildman–Crippen MR) is 93.9 cm³/mol. The first-order chi connectivity index (χ1) is 11.1. The standard InChI is InChI=1S/C16H16N4OS2/c1-10(2)16-18-13(8-22-16)7-15(21)17-12-5-3-11(4-6-12)14-9-23-20-19-14/h3-6,8-10H,7H2,1-2H3,(H,17,21). The molecule has 23 heavy (non-hydrogen) atoms. The highest BCUT2D eigenvalue weighted by Crippen LogP contribution is 2.21. The summed E-state index contributed by atoms with van der Waals surface area (Å²) in [5.41, 5.74) is 3.41. The highest BCUT2D eigenvalue weighted by Gasteiger charge is 2.10. The number of nitrogens with zero attached hydrogens (tertiary/aromatic N) is 3. The number of aromatic nitrogens is 3. The fraction of sp³-hybridized carbons (Fsp3) is 0.250. The monoisotopic (exact) mass is 344 g/mol. The third kappa shape index (κ3) is 4.00. The molecular weight excluding hydrogens is 328 g/mol. The Morgan fingerprint density at radius 3 is 2.61 bits per heavy atom. The molecule has 0 spiro atoms. The van der Waals surface area contributed by atoms with Crippen molar-refractivity contribution in [2.45, 2.75) is 26.2 Å². The van der Waals surface area contributed by atoms with Gasteiger partial charge in [-0.2, -0.15) is 0 Å². The van der Waals surface area contributed by atoms with E-state index in [-0.39, 0.29) is 5.91 Å². The van der Waals surface area contributed by atoms with Crippen LogP contribution in [-0.2, 0) is 11.2 Å². The van der Waals surface area contributed by atoms with Crippen molar-refractivity contribution in [1.29, 1.82) is 0 Å². The van der Waals surface area contributed by atoms with Crippen molar-refractivity contribution < 1.29 is 4.79 Å². The van der Waals surface area contributed by atoms with Gasteiger partial charge in [-0.25, -0.2) is 4.98 Å². The molecule has 0 aliphatic rings. The molecule has 3 aromatic rings. The van der Waals surface area contributed by atoms with Crippen LogP contribution in [0.4, 0.5) is 5.69 Å². The van der Waals surface area contributed by atoms with Crippen LogP contribution in [0.25, 0.3) is 11.3 Å². The fourth-order valence-corrected chi connectivity index (χ4v) is 3.35. The Hall–Kier alpha value is -2.12. The van der Waals surface area contributed by atoms with Crippen LogP contribution >= 0.6 is 22.9 Å². The lowest BCUT2D eigenvalue weighted by Gasteiger charge is -2.05. The lowest BCUT2D eigenvalue weighted by atomic mass is 10.1. The second-order valence-corrected chi connectivity index (χ2v) is 6.92. The summed E-state index contributed by atoms with van der Waals surface area (Å²) in [5, 5.41) is 11.8. The van der Waals surface area contributed by atoms with Crippen molar-refractivity contribution in [1.82, 2.24) is 14.6 Å². The molecule has 7 heteroatoms. The second-order valence-electron chi connectivity index (χ2n) is 5.42. The van der Waals surface area contributed by atoms with E-state index < -0.39 is 0 Å². The Kier molecular flexibility index (Phi) is 4.78. The molecule has 0 radical (unpaired) electrons. The Morgan fingerprint density at radius 2 is 2.00 bits per heavy atom. The molecule has 1 amide bonds. The van der Waals surface area contributed by atoms with E-state index in [9.17, 15) is 4.79 Å². The van der Waals surface area contributed by atoms with Gasteiger partial charge in [0.05, 0.1) is 17.1 Å². The smallest absolute Gasteiger partial charge is 0.230 e. The van der Waals surface area contributed by atoms with Gasteiger partial charge in [0.2, 0.25) is 5.91 Å². The highest BCUT2D eigenvalue weighted by molar-refractivity contribution is 7.09. The van der Waals surface area contributed by atoms with Gasteiger partial charge in [-0.1, -0.05) is 30.5 Å². The summed E-state index contributed by atoms with van der Waals surface area (Å²) in [5.74, 6) is 0.332. The van der Waals surface area contributed by atoms with Crippen molar-refractivity contribution in [3.8, 4) is 11.3 Å². The van der Waals surface area contributed by atoms with Gasteiger partial charge in [-0.05, 0) is 23.7 Å². The molecule has 118 valence electrons. The first-order valence-electron chi connectivity index (χ1n) is 7.23. The Bertz CT molecular complexity index is 779. The largest absolute Gasteiger partial charge is 0.326 e. The van der Waals surface area contributed by atoms with Gasteiger partial charge < -0.3 is 5.32 Å². The van der Waals surface area contributed by atoms with Crippen LogP contribution in [0.15, 0.2) is 35.0 Å². The summed E-state index contributed by atoms with van der Waals surface area (Å²) < 4.78 is 3.85. The summed E-state index contributed by atoms with van der Waals surface area (Å²) in [7, 11) is 0. The molecule has 0 atom stereocenters. The van der Waals surface area contributed by atoms with Gasteiger partial charge >= 0.3 is 0 Å². The first-order valence-corrected chi connectivity index (χ1v) is 8.95. The molecule has 0 aliphatic heterocycles. The number of thiazole rings is 1. The average Bonchev–Trinajstić information content (AvgIpc) is 3.19. The molecule has 2 aromatic heterocycles. The molecule has 3 rings (SSSR count). The van der Waals surface area contributed by atoms with Gasteiger partial charge in [0, 0.05) is 27.9 Å². The molecule has 0 saturated carbocycles. The topological polar surface area (TPSA) is 67.8 Å². The van der Waals surface area contributed by atoms with Crippen LogP contribution in [0.2, 0.25) is 0 Å². The Labute approximate surface area is 142 Å². The maximum absolute atomic E-state index is 12.1. The maximum atomic E-state index is 12.1. The first kappa shape index (κ1) is 15.8. The van der Waals surface area contributed by atoms with Crippen molar-refractivity contribution in [2.75, 3.05) is 5.32 Å². The van der Waals surface area contributed by atoms with E-state index in [0.29, 0.717) is 12.3 Å². The van der Waals surface area contributed by atoms with Crippen molar-refractivity contribution in [2.24, 2.45) is 0 Å². The quantitative estimate of drug-likeness (QED) is 0.760. The van der Waals surface area contributed by atoms with Crippen LogP contribution in [0.5, 0.6) is 0 Å². The minimum Gasteiger partial charge on any atom is -0.326 e. The summed E-state index contributed by atoms with van der Waals surface area (Å²) in [6, 6.07) is 7.58. The van der Waals surface area contributed by atoms with E-state index >= 15 is 0 Å². The second kappa shape index (κ2) is 6.97. The normalized spacial score (nSPS) is 10.9. The number of amides is 1. The van der Waals surface area contributed by atoms with E-state index in [1.807, 2.05) is 35.0 Å². The third-order valence-corrected chi connectivity index (χ3v) is 4.93. The van der Waals surface area contributed by atoms with Gasteiger partial charge in [-0.3, -0.25) is 4.79 Å². The van der Waals surface area contributed by atoms with E-state index in [0.717, 1.165) is 27.6 Å². The number of hydrogen-bond acceptors (Lipinski definition) is 6. The zero-order valence-corrected chi connectivity index (χ0v) is 14.4. The molecule has 0 bridgehead atoms. The zero-order valence-electron chi connectivity index (χ0n) is 12.8. The third-order valence-electron chi connectivity index (χ3n) is 3.23. The summed E-state index contributed by atoms with van der Waals surface area (Å²) in [6.07, 6.45) is 0.293. The van der Waals surface area contributed by atoms with Gasteiger partial charge in [-0.15, -0.1) is 16.4 Å². The summed E-state index contributed by atoms with van der Waals surface area (Å²) in [6.45, 7) is 4.20. The molecule has 5 nitrogen and oxygen atoms in total. The van der Waals surface area contributed by atoms with Crippen molar-refractivity contribution in [3.63, 3.8) is 0 Å². The van der Waals surface area contributed by atoms with Gasteiger partial charge in [0.25, 0.3) is 0 Å². The minimum absolute atomic E-state index is 0.0614. The van der Waals surface area contributed by atoms with Crippen LogP contribution in [0.1, 0.15) is 30.5 Å². The van der Waals surface area contributed by atoms with Crippen molar-refractivity contribution in [3.05, 3.63) is 45.7 Å². The van der Waals surface area contributed by atoms with Crippen LogP contribution in [0.3, 0.4) is 0 Å². The highest BCUT2D eigenvalue weighted by atomic mass is 32.1. The minimum atomic E-state index is -0.0614. The fourth-order valence-electron chi connectivity index (χ4n) is 2.05. The zero-order chi connectivity index (χ0) is 16.2. The molecular formula is C16H16N4OS2. The summed E-state index contributed by atoms with van der Waals surface area (Å²) >= 11 is 2.92. The number of carbonyl (C=O) groups is 1. The molecule has 0 saturated heterocycles. The Balaban J connectivity index is 1.61. The number of carbonyl (C=O) groups excluding carboxylic acids is 1. The number of rotatable bonds is 5. The molecule has 1 aromatic carbocycles. The van der Waals surface area contributed by atoms with Crippen molar-refractivity contribution >= 4 is 34.5 Å². The summed E-state index contributed by atoms with van der Waals surface area (Å²) in [4.78, 5) is 16.6. The number of benzene rings is 1. The number of nitrogens with one attached hydrogen (secondary N) is 1. The van der Waals surface area contributed by atoms with E-state index in [1.54, 1.807) is 11.3 Å². The van der Waals surface area contributed by atoms with Gasteiger partial charge in [0.1, 0.15) is 5.69 Å². The molecule has 2 heterocycles. The predicted octanol–water partition coefficient (Wildman–Crippen LogP) is 3.97. The Morgan fingerprint density at radius 1 is 1.22 bits per heavy atom. The van der Waals surface area contributed by atoms with Crippen LogP contribution in [-0.4, -0.2) is 20.5 Å². The molecule has 0 aliphatic carbocycles. The average molecular weight is 344 g/mol. The van der Waals surface area contributed by atoms with E-state index in [4.69, 9.17) is 0 Å². The molecule has 1 N–H and O–H groups in total. The number of anilines is 1. The van der Waals surface area contributed by atoms with Crippen LogP contribution in [0, 0.1) is 0 Å². The van der Waals surface area contributed by atoms with Crippen LogP contribution < -0.4 is 5.32 Å². The van der Waals surface area contributed by atoms with E-state index in [2.05, 4.69) is 33.7 Å². The lowest BCUT2D eigenvalue weighted by Crippen LogP contribution is -2.14. The van der Waals surface area contributed by atoms with Gasteiger partial charge in [0.15, 0.2) is 0 Å². The van der Waals surface area contributed by atoms with E-state index in [1.165, 1.54) is 11.5 Å². The molecule has 0 unspecified atom stereocenters.